The van der Waals surface area contributed by atoms with E-state index in [1.807, 2.05) is 0 Å². The minimum atomic E-state index is -1.62. The number of rotatable bonds is 6. The third-order valence-electron chi connectivity index (χ3n) is 2.70. The fraction of sp³-hybridized carbons (Fsp3) is 0.143. The molecule has 1 unspecified atom stereocenters. The second-order valence-corrected chi connectivity index (χ2v) is 9.30. The highest BCUT2D eigenvalue weighted by Gasteiger charge is 2.34. The highest BCUT2D eigenvalue weighted by Crippen LogP contribution is 2.41. The van der Waals surface area contributed by atoms with Crippen LogP contribution in [0.15, 0.2) is 58.3 Å². The summed E-state index contributed by atoms with van der Waals surface area (Å²) in [6.45, 7) is 0. The first-order valence-corrected chi connectivity index (χ1v) is 9.63. The number of para-hydroxylation sites is 1. The smallest absolute Gasteiger partial charge is 0.258 e. The summed E-state index contributed by atoms with van der Waals surface area (Å²) in [6.07, 6.45) is 0. The van der Waals surface area contributed by atoms with E-state index in [-0.39, 0.29) is 5.69 Å². The molecule has 2 rings (SSSR count). The molecular weight excluding hydrogens is 434 g/mol. The summed E-state index contributed by atoms with van der Waals surface area (Å²) in [4.78, 5) is 11.9. The maximum absolute atomic E-state index is 11.1. The Morgan fingerprint density at radius 3 is 2.29 bits per heavy atom. The molecule has 0 aliphatic rings. The lowest BCUT2D eigenvalue weighted by Crippen LogP contribution is -2.33. The zero-order valence-corrected chi connectivity index (χ0v) is 16.4. The maximum Gasteiger partial charge on any atom is 0.284 e. The van der Waals surface area contributed by atoms with Crippen molar-refractivity contribution in [3.8, 4) is 0 Å². The number of hydrogen-bond acceptors (Lipinski definition) is 5. The van der Waals surface area contributed by atoms with E-state index in [0.29, 0.717) is 9.92 Å². The van der Waals surface area contributed by atoms with Crippen LogP contribution < -0.4 is 4.72 Å². The minimum Gasteiger partial charge on any atom is -0.258 e. The summed E-state index contributed by atoms with van der Waals surface area (Å²) in [5.41, 5.74) is -0.0189. The number of nitrogens with one attached hydrogen (secondary N) is 1. The van der Waals surface area contributed by atoms with Crippen molar-refractivity contribution in [2.45, 2.75) is 19.0 Å². The Bertz CT molecular complexity index is 711. The molecule has 4 nitrogen and oxygen atoms in total. The Morgan fingerprint density at radius 1 is 1.08 bits per heavy atom. The topological polar surface area (TPSA) is 55.2 Å². The van der Waals surface area contributed by atoms with Crippen LogP contribution >= 0.6 is 70.1 Å². The lowest BCUT2D eigenvalue weighted by molar-refractivity contribution is -0.387. The van der Waals surface area contributed by atoms with Gasteiger partial charge >= 0.3 is 0 Å². The molecule has 0 spiro atoms. The number of benzene rings is 2. The van der Waals surface area contributed by atoms with Gasteiger partial charge in [-0.3, -0.25) is 10.1 Å². The van der Waals surface area contributed by atoms with Gasteiger partial charge in [-0.1, -0.05) is 58.5 Å². The van der Waals surface area contributed by atoms with Gasteiger partial charge in [0.2, 0.25) is 3.79 Å². The Kier molecular flexibility index (Phi) is 7.37. The summed E-state index contributed by atoms with van der Waals surface area (Å²) < 4.78 is 1.36. The summed E-state index contributed by atoms with van der Waals surface area (Å²) in [7, 11) is 0. The van der Waals surface area contributed by atoms with Gasteiger partial charge in [-0.2, -0.15) is 0 Å². The highest BCUT2D eigenvalue weighted by molar-refractivity contribution is 8.02. The molecule has 1 N–H and O–H groups in total. The number of alkyl halides is 3. The summed E-state index contributed by atoms with van der Waals surface area (Å²) >= 11 is 26.2. The van der Waals surface area contributed by atoms with E-state index in [9.17, 15) is 10.1 Å². The van der Waals surface area contributed by atoms with Crippen molar-refractivity contribution in [1.29, 1.82) is 0 Å². The van der Waals surface area contributed by atoms with E-state index in [1.165, 1.54) is 17.8 Å². The number of nitro benzene ring substituents is 1. The lowest BCUT2D eigenvalue weighted by Gasteiger charge is -2.24. The Morgan fingerprint density at radius 2 is 1.71 bits per heavy atom. The van der Waals surface area contributed by atoms with Crippen LogP contribution in [-0.2, 0) is 0 Å². The van der Waals surface area contributed by atoms with E-state index >= 15 is 0 Å². The molecule has 2 aromatic carbocycles. The predicted octanol–water partition coefficient (Wildman–Crippen LogP) is 6.33. The molecule has 0 heterocycles. The molecule has 0 aliphatic carbocycles. The van der Waals surface area contributed by atoms with Crippen LogP contribution in [-0.4, -0.2) is 14.1 Å². The Hall–Kier alpha value is -0.340. The van der Waals surface area contributed by atoms with Crippen molar-refractivity contribution in [1.82, 2.24) is 4.72 Å². The molecule has 0 amide bonds. The molecule has 0 aliphatic heterocycles. The summed E-state index contributed by atoms with van der Waals surface area (Å²) in [5, 5.41) is 11.0. The number of nitro groups is 1. The zero-order chi connectivity index (χ0) is 17.7. The molecule has 0 saturated heterocycles. The molecule has 10 heteroatoms. The number of nitrogens with zero attached hydrogens (tertiary/aromatic N) is 1. The van der Waals surface area contributed by atoms with Crippen molar-refractivity contribution >= 4 is 75.8 Å². The van der Waals surface area contributed by atoms with Crippen LogP contribution in [0.5, 0.6) is 0 Å². The van der Waals surface area contributed by atoms with Crippen molar-refractivity contribution in [3.63, 3.8) is 0 Å². The van der Waals surface area contributed by atoms with Crippen molar-refractivity contribution in [2.75, 3.05) is 0 Å². The van der Waals surface area contributed by atoms with Gasteiger partial charge in [-0.15, -0.1) is 11.8 Å². The third kappa shape index (κ3) is 5.88. The highest BCUT2D eigenvalue weighted by atomic mass is 35.6. The van der Waals surface area contributed by atoms with Crippen LogP contribution in [0.4, 0.5) is 5.69 Å². The standard InChI is InChI=1S/C14H10Cl4N2O2S2/c15-9-5-7-10(8-6-9)23-13(14(16,17)18)19-24-12-4-2-1-3-11(12)20(21)22/h1-8,13,19H. The average Bonchev–Trinajstić information content (AvgIpc) is 2.52. The largest absolute Gasteiger partial charge is 0.284 e. The van der Waals surface area contributed by atoms with Crippen molar-refractivity contribution < 1.29 is 4.92 Å². The molecule has 24 heavy (non-hydrogen) atoms. The minimum absolute atomic E-state index is 0.0189. The molecule has 0 aromatic heterocycles. The summed E-state index contributed by atoms with van der Waals surface area (Å²) in [5.74, 6) is 0. The van der Waals surface area contributed by atoms with E-state index in [1.54, 1.807) is 42.5 Å². The normalized spacial score (nSPS) is 12.8. The molecule has 0 saturated carbocycles. The van der Waals surface area contributed by atoms with Crippen LogP contribution in [0.1, 0.15) is 0 Å². The monoisotopic (exact) mass is 442 g/mol. The van der Waals surface area contributed by atoms with Gasteiger partial charge in [-0.25, -0.2) is 4.72 Å². The van der Waals surface area contributed by atoms with Crippen LogP contribution in [0.3, 0.4) is 0 Å². The molecule has 128 valence electrons. The van der Waals surface area contributed by atoms with Crippen molar-refractivity contribution in [3.05, 3.63) is 63.7 Å². The molecule has 0 bridgehead atoms. The van der Waals surface area contributed by atoms with Gasteiger partial charge in [0.05, 0.1) is 4.92 Å². The first kappa shape index (κ1) is 20.0. The lowest BCUT2D eigenvalue weighted by atomic mass is 10.3. The van der Waals surface area contributed by atoms with E-state index < -0.39 is 14.1 Å². The van der Waals surface area contributed by atoms with Crippen LogP contribution in [0.25, 0.3) is 0 Å². The molecular formula is C14H10Cl4N2O2S2. The van der Waals surface area contributed by atoms with E-state index in [4.69, 9.17) is 46.4 Å². The first-order valence-electron chi connectivity index (χ1n) is 6.42. The second-order valence-electron chi connectivity index (χ2n) is 4.44. The fourth-order valence-electron chi connectivity index (χ4n) is 1.62. The second kappa shape index (κ2) is 8.85. The molecule has 1 atom stereocenters. The first-order chi connectivity index (χ1) is 11.3. The van der Waals surface area contributed by atoms with Gasteiger partial charge in [0.1, 0.15) is 10.3 Å². The van der Waals surface area contributed by atoms with Gasteiger partial charge in [0, 0.05) is 16.0 Å². The SMILES string of the molecule is O=[N+]([O-])c1ccccc1SNC(Sc1ccc(Cl)cc1)C(Cl)(Cl)Cl. The number of hydrogen-bond donors (Lipinski definition) is 1. The van der Waals surface area contributed by atoms with Gasteiger partial charge in [0.15, 0.2) is 0 Å². The molecule has 0 radical (unpaired) electrons. The van der Waals surface area contributed by atoms with E-state index in [0.717, 1.165) is 16.8 Å². The fourth-order valence-corrected chi connectivity index (χ4v) is 4.34. The number of halogens is 4. The predicted molar refractivity (Wildman–Crippen MR) is 103 cm³/mol. The zero-order valence-electron chi connectivity index (χ0n) is 11.8. The van der Waals surface area contributed by atoms with Crippen LogP contribution in [0.2, 0.25) is 5.02 Å². The van der Waals surface area contributed by atoms with Crippen molar-refractivity contribution in [2.24, 2.45) is 0 Å². The quantitative estimate of drug-likeness (QED) is 0.141. The van der Waals surface area contributed by atoms with E-state index in [2.05, 4.69) is 4.72 Å². The van der Waals surface area contributed by atoms with Crippen LogP contribution in [0, 0.1) is 10.1 Å². The Labute approximate surface area is 167 Å². The van der Waals surface area contributed by atoms with Gasteiger partial charge in [0.25, 0.3) is 5.69 Å². The Balaban J connectivity index is 2.13. The number of thioether (sulfide) groups is 1. The summed E-state index contributed by atoms with van der Waals surface area (Å²) in [6, 6.07) is 13.4. The van der Waals surface area contributed by atoms with Gasteiger partial charge in [-0.05, 0) is 42.3 Å². The molecule has 0 fully saturated rings. The average molecular weight is 444 g/mol. The third-order valence-corrected chi connectivity index (χ3v) is 6.32. The maximum atomic E-state index is 11.1. The molecule has 2 aromatic rings. The van der Waals surface area contributed by atoms with Gasteiger partial charge < -0.3 is 0 Å².